The van der Waals surface area contributed by atoms with E-state index in [1.165, 1.54) is 11.1 Å². The van der Waals surface area contributed by atoms with Crippen LogP contribution >= 0.6 is 0 Å². The van der Waals surface area contributed by atoms with Gasteiger partial charge >= 0.3 is 0 Å². The Morgan fingerprint density at radius 2 is 2.29 bits per heavy atom. The number of hydrogen-bond donors (Lipinski definition) is 2. The molecule has 1 aliphatic carbocycles. The summed E-state index contributed by atoms with van der Waals surface area (Å²) in [6, 6.07) is 6.41. The second kappa shape index (κ2) is 2.61. The van der Waals surface area contributed by atoms with Crippen molar-refractivity contribution in [2.75, 3.05) is 5.32 Å². The van der Waals surface area contributed by atoms with Crippen LogP contribution in [0, 0.1) is 6.92 Å². The number of rotatable bonds is 0. The zero-order chi connectivity index (χ0) is 9.71. The molecule has 1 aliphatic heterocycles. The number of aryl methyl sites for hydroxylation is 1. The van der Waals surface area contributed by atoms with E-state index in [-0.39, 0.29) is 6.10 Å². The van der Waals surface area contributed by atoms with E-state index < -0.39 is 0 Å². The summed E-state index contributed by atoms with van der Waals surface area (Å²) in [5.74, 6) is 0.413. The zero-order valence-corrected chi connectivity index (χ0v) is 8.12. The van der Waals surface area contributed by atoms with Gasteiger partial charge in [0.15, 0.2) is 0 Å². The third-order valence-corrected chi connectivity index (χ3v) is 3.10. The molecule has 14 heavy (non-hydrogen) atoms. The van der Waals surface area contributed by atoms with E-state index in [0.29, 0.717) is 5.92 Å². The largest absolute Gasteiger partial charge is 0.387 e. The molecule has 72 valence electrons. The molecule has 0 saturated heterocycles. The minimum atomic E-state index is -0.298. The Morgan fingerprint density at radius 3 is 3.14 bits per heavy atom. The zero-order valence-electron chi connectivity index (χ0n) is 8.12. The van der Waals surface area contributed by atoms with Crippen molar-refractivity contribution in [3.63, 3.8) is 0 Å². The Kier molecular flexibility index (Phi) is 1.50. The average Bonchev–Trinajstić information content (AvgIpc) is 2.46. The molecule has 2 nitrogen and oxygen atoms in total. The molecule has 2 bridgehead atoms. The standard InChI is InChI=1S/C12H13NO/c1-7-2-3-10-9(4-7)8-5-11(13-10)12(14)6-8/h2-5,8,12-14H,6H2,1H3. The molecule has 0 spiro atoms. The number of aliphatic hydroxyl groups is 1. The lowest BCUT2D eigenvalue weighted by molar-refractivity contribution is 0.210. The van der Waals surface area contributed by atoms with Gasteiger partial charge in [0.05, 0.1) is 6.10 Å². The van der Waals surface area contributed by atoms with Gasteiger partial charge in [0.25, 0.3) is 0 Å². The number of allylic oxidation sites excluding steroid dienone is 1. The van der Waals surface area contributed by atoms with Crippen LogP contribution in [-0.4, -0.2) is 11.2 Å². The fourth-order valence-electron chi connectivity index (χ4n) is 2.36. The fourth-order valence-corrected chi connectivity index (χ4v) is 2.36. The van der Waals surface area contributed by atoms with Crippen molar-refractivity contribution in [3.8, 4) is 0 Å². The van der Waals surface area contributed by atoms with Crippen LogP contribution in [0.25, 0.3) is 0 Å². The molecule has 0 radical (unpaired) electrons. The van der Waals surface area contributed by atoms with Crippen LogP contribution in [0.3, 0.4) is 0 Å². The van der Waals surface area contributed by atoms with Crippen molar-refractivity contribution >= 4 is 5.69 Å². The first kappa shape index (κ1) is 8.06. The molecular formula is C12H13NO. The van der Waals surface area contributed by atoms with Gasteiger partial charge in [-0.15, -0.1) is 0 Å². The van der Waals surface area contributed by atoms with Gasteiger partial charge in [0.1, 0.15) is 0 Å². The molecule has 2 unspecified atom stereocenters. The van der Waals surface area contributed by atoms with Crippen LogP contribution in [0.4, 0.5) is 5.69 Å². The molecule has 2 aliphatic rings. The molecule has 0 fully saturated rings. The summed E-state index contributed by atoms with van der Waals surface area (Å²) in [5, 5.41) is 13.0. The average molecular weight is 187 g/mol. The van der Waals surface area contributed by atoms with Gasteiger partial charge < -0.3 is 10.4 Å². The van der Waals surface area contributed by atoms with Gasteiger partial charge in [-0.1, -0.05) is 23.8 Å². The Morgan fingerprint density at radius 1 is 1.43 bits per heavy atom. The molecule has 0 amide bonds. The molecule has 2 heteroatoms. The van der Waals surface area contributed by atoms with Crippen LogP contribution in [0.2, 0.25) is 0 Å². The van der Waals surface area contributed by atoms with Crippen molar-refractivity contribution in [2.24, 2.45) is 0 Å². The topological polar surface area (TPSA) is 32.3 Å². The SMILES string of the molecule is Cc1ccc2c(c1)C1C=C(N2)C(O)C1. The number of hydrogen-bond acceptors (Lipinski definition) is 2. The first-order chi connectivity index (χ1) is 6.74. The van der Waals surface area contributed by atoms with Crippen LogP contribution in [-0.2, 0) is 0 Å². The van der Waals surface area contributed by atoms with E-state index in [4.69, 9.17) is 0 Å². The molecule has 1 aromatic rings. The molecule has 2 N–H and O–H groups in total. The first-order valence-electron chi connectivity index (χ1n) is 5.01. The summed E-state index contributed by atoms with van der Waals surface area (Å²) in [7, 11) is 0. The van der Waals surface area contributed by atoms with Crippen LogP contribution in [0.1, 0.15) is 23.5 Å². The van der Waals surface area contributed by atoms with Crippen molar-refractivity contribution < 1.29 is 5.11 Å². The van der Waals surface area contributed by atoms with Gasteiger partial charge in [-0.05, 0) is 25.0 Å². The predicted octanol–water partition coefficient (Wildman–Crippen LogP) is 2.15. The molecule has 0 saturated carbocycles. The minimum Gasteiger partial charge on any atom is -0.387 e. The quantitative estimate of drug-likeness (QED) is 0.652. The maximum atomic E-state index is 9.71. The van der Waals surface area contributed by atoms with E-state index in [1.54, 1.807) is 0 Å². The monoisotopic (exact) mass is 187 g/mol. The summed E-state index contributed by atoms with van der Waals surface area (Å²) < 4.78 is 0. The third kappa shape index (κ3) is 1.01. The molecule has 2 atom stereocenters. The predicted molar refractivity (Wildman–Crippen MR) is 56.2 cm³/mol. The molecular weight excluding hydrogens is 174 g/mol. The highest BCUT2D eigenvalue weighted by molar-refractivity contribution is 5.64. The number of benzene rings is 1. The highest BCUT2D eigenvalue weighted by Gasteiger charge is 2.31. The Hall–Kier alpha value is -1.28. The molecule has 1 heterocycles. The first-order valence-corrected chi connectivity index (χ1v) is 5.01. The summed E-state index contributed by atoms with van der Waals surface area (Å²) in [4.78, 5) is 0. The van der Waals surface area contributed by atoms with Crippen LogP contribution < -0.4 is 5.32 Å². The van der Waals surface area contributed by atoms with Crippen molar-refractivity contribution in [1.29, 1.82) is 0 Å². The Labute approximate surface area is 83.3 Å². The smallest absolute Gasteiger partial charge is 0.0943 e. The lowest BCUT2D eigenvalue weighted by Gasteiger charge is -2.18. The van der Waals surface area contributed by atoms with E-state index >= 15 is 0 Å². The number of anilines is 1. The molecule has 3 rings (SSSR count). The summed E-state index contributed by atoms with van der Waals surface area (Å²) in [5.41, 5.74) is 4.75. The Balaban J connectivity index is 2.12. The lowest BCUT2D eigenvalue weighted by Crippen LogP contribution is -2.11. The number of fused-ring (bicyclic) bond motifs is 3. The van der Waals surface area contributed by atoms with Gasteiger partial charge in [-0.3, -0.25) is 0 Å². The summed E-state index contributed by atoms with van der Waals surface area (Å²) >= 11 is 0. The van der Waals surface area contributed by atoms with Gasteiger partial charge in [-0.25, -0.2) is 0 Å². The normalized spacial score (nSPS) is 28.0. The molecule has 1 aromatic carbocycles. The van der Waals surface area contributed by atoms with Gasteiger partial charge in [0, 0.05) is 17.3 Å². The van der Waals surface area contributed by atoms with Gasteiger partial charge in [0.2, 0.25) is 0 Å². The van der Waals surface area contributed by atoms with Crippen molar-refractivity contribution in [2.45, 2.75) is 25.4 Å². The number of nitrogens with one attached hydrogen (secondary N) is 1. The highest BCUT2D eigenvalue weighted by atomic mass is 16.3. The highest BCUT2D eigenvalue weighted by Crippen LogP contribution is 2.42. The maximum Gasteiger partial charge on any atom is 0.0943 e. The van der Waals surface area contributed by atoms with Gasteiger partial charge in [-0.2, -0.15) is 0 Å². The van der Waals surface area contributed by atoms with E-state index in [1.807, 2.05) is 0 Å². The Bertz CT molecular complexity index is 422. The summed E-state index contributed by atoms with van der Waals surface area (Å²) in [6.07, 6.45) is 2.68. The van der Waals surface area contributed by atoms with E-state index in [2.05, 4.69) is 36.5 Å². The van der Waals surface area contributed by atoms with Crippen LogP contribution in [0.5, 0.6) is 0 Å². The number of aliphatic hydroxyl groups excluding tert-OH is 1. The fraction of sp³-hybridized carbons (Fsp3) is 0.333. The van der Waals surface area contributed by atoms with Crippen molar-refractivity contribution in [3.05, 3.63) is 41.1 Å². The van der Waals surface area contributed by atoms with Crippen molar-refractivity contribution in [1.82, 2.24) is 0 Å². The van der Waals surface area contributed by atoms with E-state index in [9.17, 15) is 5.11 Å². The second-order valence-corrected chi connectivity index (χ2v) is 4.20. The second-order valence-electron chi connectivity index (χ2n) is 4.20. The molecule has 0 aromatic heterocycles. The minimum absolute atomic E-state index is 0.298. The maximum absolute atomic E-state index is 9.71. The van der Waals surface area contributed by atoms with Crippen LogP contribution in [0.15, 0.2) is 30.0 Å². The summed E-state index contributed by atoms with van der Waals surface area (Å²) in [6.45, 7) is 2.10. The van der Waals surface area contributed by atoms with E-state index in [0.717, 1.165) is 17.8 Å². The lowest BCUT2D eigenvalue weighted by atomic mass is 9.94. The third-order valence-electron chi connectivity index (χ3n) is 3.10.